The summed E-state index contributed by atoms with van der Waals surface area (Å²) in [7, 11) is -1.48. The SMILES string of the molecule is CCC(N)[Si]1(CC)CCCCO1. The van der Waals surface area contributed by atoms with E-state index in [4.69, 9.17) is 10.2 Å². The van der Waals surface area contributed by atoms with E-state index in [0.29, 0.717) is 5.67 Å². The van der Waals surface area contributed by atoms with Crippen LogP contribution < -0.4 is 5.73 Å². The third-order valence-corrected chi connectivity index (χ3v) is 8.03. The fourth-order valence-corrected chi connectivity index (χ4v) is 6.03. The van der Waals surface area contributed by atoms with Crippen LogP contribution in [0.1, 0.15) is 33.1 Å². The molecule has 3 heteroatoms. The van der Waals surface area contributed by atoms with Crippen LogP contribution in [0.5, 0.6) is 0 Å². The molecule has 1 aliphatic rings. The van der Waals surface area contributed by atoms with Gasteiger partial charge in [0.2, 0.25) is 8.32 Å². The molecule has 0 bridgehead atoms. The molecule has 0 spiro atoms. The molecule has 1 rings (SSSR count). The highest BCUT2D eigenvalue weighted by molar-refractivity contribution is 6.75. The average Bonchev–Trinajstić information content (AvgIpc) is 2.17. The highest BCUT2D eigenvalue weighted by atomic mass is 28.4. The van der Waals surface area contributed by atoms with E-state index in [1.54, 1.807) is 0 Å². The van der Waals surface area contributed by atoms with Gasteiger partial charge >= 0.3 is 0 Å². The van der Waals surface area contributed by atoms with E-state index in [9.17, 15) is 0 Å². The van der Waals surface area contributed by atoms with Gasteiger partial charge in [-0.3, -0.25) is 0 Å². The largest absolute Gasteiger partial charge is 0.415 e. The van der Waals surface area contributed by atoms with Gasteiger partial charge in [-0.15, -0.1) is 0 Å². The smallest absolute Gasteiger partial charge is 0.208 e. The predicted octanol–water partition coefficient (Wildman–Crippen LogP) is 2.04. The predicted molar refractivity (Wildman–Crippen MR) is 54.5 cm³/mol. The van der Waals surface area contributed by atoms with Gasteiger partial charge in [0.15, 0.2) is 0 Å². The molecular formula is C9H21NOSi. The zero-order valence-corrected chi connectivity index (χ0v) is 9.31. The first-order valence-electron chi connectivity index (χ1n) is 5.14. The minimum atomic E-state index is -1.48. The third kappa shape index (κ3) is 1.89. The lowest BCUT2D eigenvalue weighted by atomic mass is 10.4. The second-order valence-electron chi connectivity index (χ2n) is 3.74. The molecule has 2 atom stereocenters. The van der Waals surface area contributed by atoms with Gasteiger partial charge in [0.25, 0.3) is 0 Å². The van der Waals surface area contributed by atoms with Gasteiger partial charge in [0.1, 0.15) is 0 Å². The molecule has 1 aliphatic heterocycles. The summed E-state index contributed by atoms with van der Waals surface area (Å²) in [6.45, 7) is 5.38. The maximum absolute atomic E-state index is 6.13. The van der Waals surface area contributed by atoms with Crippen LogP contribution >= 0.6 is 0 Å². The Kier molecular flexibility index (Phi) is 3.74. The van der Waals surface area contributed by atoms with E-state index in [1.165, 1.54) is 24.9 Å². The van der Waals surface area contributed by atoms with Gasteiger partial charge in [0.05, 0.1) is 0 Å². The zero-order chi connectivity index (χ0) is 9.03. The average molecular weight is 187 g/mol. The van der Waals surface area contributed by atoms with Gasteiger partial charge in [0, 0.05) is 12.3 Å². The summed E-state index contributed by atoms with van der Waals surface area (Å²) in [5, 5.41) is 0. The monoisotopic (exact) mass is 187 g/mol. The number of rotatable bonds is 3. The van der Waals surface area contributed by atoms with Crippen molar-refractivity contribution in [1.82, 2.24) is 0 Å². The van der Waals surface area contributed by atoms with E-state index < -0.39 is 8.32 Å². The lowest BCUT2D eigenvalue weighted by molar-refractivity contribution is 0.257. The molecule has 0 amide bonds. The maximum Gasteiger partial charge on any atom is 0.208 e. The van der Waals surface area contributed by atoms with Crippen LogP contribution in [-0.4, -0.2) is 20.6 Å². The van der Waals surface area contributed by atoms with Gasteiger partial charge in [-0.1, -0.05) is 20.3 Å². The van der Waals surface area contributed by atoms with Crippen molar-refractivity contribution in [2.45, 2.75) is 50.9 Å². The van der Waals surface area contributed by atoms with Gasteiger partial charge in [-0.2, -0.15) is 0 Å². The van der Waals surface area contributed by atoms with Crippen molar-refractivity contribution in [1.29, 1.82) is 0 Å². The summed E-state index contributed by atoms with van der Waals surface area (Å²) in [5.41, 5.74) is 6.49. The van der Waals surface area contributed by atoms with Gasteiger partial charge in [-0.25, -0.2) is 0 Å². The van der Waals surface area contributed by atoms with E-state index in [2.05, 4.69) is 13.8 Å². The molecule has 2 nitrogen and oxygen atoms in total. The molecule has 0 aromatic carbocycles. The first-order valence-corrected chi connectivity index (χ1v) is 7.54. The fraction of sp³-hybridized carbons (Fsp3) is 1.00. The summed E-state index contributed by atoms with van der Waals surface area (Å²) in [6, 6.07) is 2.49. The van der Waals surface area contributed by atoms with E-state index in [1.807, 2.05) is 0 Å². The second kappa shape index (κ2) is 4.39. The second-order valence-corrected chi connectivity index (χ2v) is 8.11. The van der Waals surface area contributed by atoms with Gasteiger partial charge in [-0.05, 0) is 24.9 Å². The molecule has 0 aromatic rings. The van der Waals surface area contributed by atoms with Crippen LogP contribution in [0, 0.1) is 0 Å². The van der Waals surface area contributed by atoms with Crippen molar-refractivity contribution < 1.29 is 4.43 Å². The van der Waals surface area contributed by atoms with E-state index >= 15 is 0 Å². The highest BCUT2D eigenvalue weighted by Crippen LogP contribution is 2.28. The van der Waals surface area contributed by atoms with Crippen molar-refractivity contribution in [3.05, 3.63) is 0 Å². The quantitative estimate of drug-likeness (QED) is 0.686. The van der Waals surface area contributed by atoms with Crippen LogP contribution in [0.15, 0.2) is 0 Å². The molecule has 0 saturated carbocycles. The molecule has 1 saturated heterocycles. The van der Waals surface area contributed by atoms with Gasteiger partial charge < -0.3 is 10.2 Å². The van der Waals surface area contributed by atoms with E-state index in [-0.39, 0.29) is 0 Å². The Bertz CT molecular complexity index is 134. The summed E-state index contributed by atoms with van der Waals surface area (Å²) in [6.07, 6.45) is 3.67. The molecule has 72 valence electrons. The molecule has 0 aromatic heterocycles. The van der Waals surface area contributed by atoms with Crippen LogP contribution in [0.25, 0.3) is 0 Å². The molecule has 2 N–H and O–H groups in total. The number of hydrogen-bond acceptors (Lipinski definition) is 2. The highest BCUT2D eigenvalue weighted by Gasteiger charge is 2.39. The van der Waals surface area contributed by atoms with Crippen LogP contribution in [0.2, 0.25) is 12.1 Å². The Morgan fingerprint density at radius 1 is 1.42 bits per heavy atom. The molecule has 1 fully saturated rings. The molecule has 0 aliphatic carbocycles. The molecule has 1 heterocycles. The van der Waals surface area contributed by atoms with Crippen LogP contribution in [0.3, 0.4) is 0 Å². The Hall–Kier alpha value is 0.137. The minimum absolute atomic E-state index is 0.364. The van der Waals surface area contributed by atoms with E-state index in [0.717, 1.165) is 13.0 Å². The lowest BCUT2D eigenvalue weighted by Gasteiger charge is -2.38. The molecule has 2 unspecified atom stereocenters. The van der Waals surface area contributed by atoms with Crippen molar-refractivity contribution in [3.63, 3.8) is 0 Å². The third-order valence-electron chi connectivity index (χ3n) is 3.10. The van der Waals surface area contributed by atoms with Crippen molar-refractivity contribution in [2.75, 3.05) is 6.61 Å². The fourth-order valence-electron chi connectivity index (χ4n) is 2.08. The van der Waals surface area contributed by atoms with Crippen molar-refractivity contribution in [2.24, 2.45) is 5.73 Å². The Morgan fingerprint density at radius 3 is 2.58 bits per heavy atom. The summed E-state index contributed by atoms with van der Waals surface area (Å²) in [4.78, 5) is 0. The Labute approximate surface area is 76.6 Å². The van der Waals surface area contributed by atoms with Crippen molar-refractivity contribution in [3.8, 4) is 0 Å². The maximum atomic E-state index is 6.13. The van der Waals surface area contributed by atoms with Crippen LogP contribution in [-0.2, 0) is 4.43 Å². The first-order chi connectivity index (χ1) is 5.75. The topological polar surface area (TPSA) is 35.2 Å². The lowest BCUT2D eigenvalue weighted by Crippen LogP contribution is -2.56. The zero-order valence-electron chi connectivity index (χ0n) is 8.31. The Morgan fingerprint density at radius 2 is 2.17 bits per heavy atom. The Balaban J connectivity index is 2.59. The summed E-state index contributed by atoms with van der Waals surface area (Å²) < 4.78 is 5.98. The molecule has 0 radical (unpaired) electrons. The number of hydrogen-bond donors (Lipinski definition) is 1. The first kappa shape index (κ1) is 10.2. The van der Waals surface area contributed by atoms with Crippen molar-refractivity contribution >= 4 is 8.32 Å². The summed E-state index contributed by atoms with van der Waals surface area (Å²) >= 11 is 0. The normalized spacial score (nSPS) is 33.2. The molecule has 12 heavy (non-hydrogen) atoms. The molecular weight excluding hydrogens is 166 g/mol. The van der Waals surface area contributed by atoms with Crippen LogP contribution in [0.4, 0.5) is 0 Å². The standard InChI is InChI=1S/C9H21NOSi/c1-3-9(10)12(4-2)8-6-5-7-11-12/h9H,3-8,10H2,1-2H3. The number of nitrogens with two attached hydrogens (primary N) is 1. The minimum Gasteiger partial charge on any atom is -0.415 e. The summed E-state index contributed by atoms with van der Waals surface area (Å²) in [5.74, 6) is 0.